The molecular weight excluding hydrogens is 494 g/mol. The molecule has 2 aliphatic heterocycles. The van der Waals surface area contributed by atoms with Crippen LogP contribution in [0.3, 0.4) is 0 Å². The van der Waals surface area contributed by atoms with Crippen LogP contribution >= 0.6 is 23.4 Å². The molecule has 2 heterocycles. The largest absolute Gasteiger partial charge is 0.490 e. The number of carbonyl (C=O) groups is 1. The minimum absolute atomic E-state index is 0.0647. The fraction of sp³-hybridized carbons (Fsp3) is 0.107. The first-order valence-corrected chi connectivity index (χ1v) is 12.5. The number of thioether (sulfide) groups is 1. The van der Waals surface area contributed by atoms with Crippen molar-refractivity contribution in [2.24, 2.45) is 4.99 Å². The number of amides is 1. The van der Waals surface area contributed by atoms with Gasteiger partial charge in [-0.2, -0.15) is 4.99 Å². The lowest BCUT2D eigenvalue weighted by Crippen LogP contribution is -2.38. The van der Waals surface area contributed by atoms with Crippen LogP contribution in [0.4, 0.5) is 0 Å². The lowest BCUT2D eigenvalue weighted by molar-refractivity contribution is -0.114. The Morgan fingerprint density at radius 1 is 1.00 bits per heavy atom. The van der Waals surface area contributed by atoms with Crippen molar-refractivity contribution in [3.63, 3.8) is 0 Å². The molecule has 5 rings (SSSR count). The number of hydrogen-bond donors (Lipinski definition) is 1. The molecule has 2 aliphatic rings. The summed E-state index contributed by atoms with van der Waals surface area (Å²) < 4.78 is 11.5. The maximum absolute atomic E-state index is 12.7. The van der Waals surface area contributed by atoms with Gasteiger partial charge in [-0.25, -0.2) is 0 Å². The summed E-state index contributed by atoms with van der Waals surface area (Å²) in [6.45, 7) is 2.83. The Bertz CT molecular complexity index is 1430. The Hall–Kier alpha value is -3.81. The number of fused-ring (bicyclic) bond motifs is 1. The molecule has 6 nitrogen and oxygen atoms in total. The summed E-state index contributed by atoms with van der Waals surface area (Å²) in [7, 11) is 0. The zero-order valence-corrected chi connectivity index (χ0v) is 21.0. The normalized spacial score (nSPS) is 16.1. The molecule has 0 unspecified atom stereocenters. The maximum Gasteiger partial charge on any atom is 0.283 e. The first kappa shape index (κ1) is 23.9. The Morgan fingerprint density at radius 3 is 2.50 bits per heavy atom. The van der Waals surface area contributed by atoms with Gasteiger partial charge in [-0.3, -0.25) is 15.1 Å². The first-order valence-electron chi connectivity index (χ1n) is 11.3. The Labute approximate surface area is 218 Å². The van der Waals surface area contributed by atoms with E-state index in [4.69, 9.17) is 26.5 Å². The van der Waals surface area contributed by atoms with E-state index in [0.29, 0.717) is 29.2 Å². The van der Waals surface area contributed by atoms with Gasteiger partial charge in [0, 0.05) is 16.0 Å². The number of nitrogens with one attached hydrogen (secondary N) is 1. The van der Waals surface area contributed by atoms with Crippen LogP contribution in [-0.2, 0) is 4.79 Å². The minimum Gasteiger partial charge on any atom is -0.490 e. The molecule has 0 aliphatic carbocycles. The van der Waals surface area contributed by atoms with Gasteiger partial charge in [-0.05, 0) is 48.4 Å². The number of ether oxygens (including phenoxy) is 2. The zero-order valence-electron chi connectivity index (χ0n) is 19.4. The highest BCUT2D eigenvalue weighted by atomic mass is 35.5. The quantitative estimate of drug-likeness (QED) is 0.290. The maximum atomic E-state index is 12.7. The number of hydrogen-bond acceptors (Lipinski definition) is 5. The van der Waals surface area contributed by atoms with Crippen LogP contribution < -0.4 is 9.47 Å². The van der Waals surface area contributed by atoms with Crippen molar-refractivity contribution in [2.45, 2.75) is 6.92 Å². The van der Waals surface area contributed by atoms with Crippen molar-refractivity contribution in [1.82, 2.24) is 4.90 Å². The number of amidine groups is 2. The average molecular weight is 516 g/mol. The molecule has 36 heavy (non-hydrogen) atoms. The number of aliphatic imine (C=N–C) groups is 1. The number of para-hydroxylation sites is 1. The molecule has 0 saturated carbocycles. The van der Waals surface area contributed by atoms with Crippen LogP contribution in [0.2, 0.25) is 5.02 Å². The Morgan fingerprint density at radius 2 is 1.72 bits per heavy atom. The molecule has 1 N–H and O–H groups in total. The van der Waals surface area contributed by atoms with E-state index in [1.54, 1.807) is 17.0 Å². The summed E-state index contributed by atoms with van der Waals surface area (Å²) in [5.74, 6) is 1.16. The third kappa shape index (κ3) is 4.94. The van der Waals surface area contributed by atoms with Gasteiger partial charge in [0.2, 0.25) is 0 Å². The van der Waals surface area contributed by atoms with Gasteiger partial charge in [0.05, 0.1) is 11.3 Å². The van der Waals surface area contributed by atoms with Gasteiger partial charge in [0.25, 0.3) is 5.91 Å². The van der Waals surface area contributed by atoms with Crippen LogP contribution in [-0.4, -0.2) is 35.0 Å². The van der Waals surface area contributed by atoms with Crippen LogP contribution in [0.5, 0.6) is 11.5 Å². The number of nitrogens with zero attached hydrogens (tertiary/aromatic N) is 2. The van der Waals surface area contributed by atoms with Crippen molar-refractivity contribution >= 4 is 52.0 Å². The summed E-state index contributed by atoms with van der Waals surface area (Å²) in [6.07, 6.45) is 1.67. The number of halogens is 1. The third-order valence-corrected chi connectivity index (χ3v) is 6.81. The molecule has 3 aromatic carbocycles. The molecule has 0 bridgehead atoms. The van der Waals surface area contributed by atoms with Crippen molar-refractivity contribution in [1.29, 1.82) is 5.41 Å². The van der Waals surface area contributed by atoms with Crippen molar-refractivity contribution < 1.29 is 14.3 Å². The van der Waals surface area contributed by atoms with E-state index < -0.39 is 5.91 Å². The average Bonchev–Trinajstić information content (AvgIpc) is 3.30. The molecule has 8 heteroatoms. The summed E-state index contributed by atoms with van der Waals surface area (Å²) in [5, 5.41) is 11.6. The molecule has 0 saturated heterocycles. The topological polar surface area (TPSA) is 75.0 Å². The second-order valence-corrected chi connectivity index (χ2v) is 9.32. The molecule has 3 aromatic rings. The minimum atomic E-state index is -0.443. The van der Waals surface area contributed by atoms with Gasteiger partial charge in [-0.15, -0.1) is 0 Å². The van der Waals surface area contributed by atoms with E-state index in [1.807, 2.05) is 79.1 Å². The van der Waals surface area contributed by atoms with Crippen molar-refractivity contribution in [2.75, 3.05) is 13.2 Å². The highest BCUT2D eigenvalue weighted by Crippen LogP contribution is 2.39. The van der Waals surface area contributed by atoms with Crippen molar-refractivity contribution in [3.05, 3.63) is 105 Å². The number of benzene rings is 3. The van der Waals surface area contributed by atoms with Crippen LogP contribution in [0.1, 0.15) is 16.7 Å². The smallest absolute Gasteiger partial charge is 0.283 e. The van der Waals surface area contributed by atoms with Gasteiger partial charge >= 0.3 is 0 Å². The highest BCUT2D eigenvalue weighted by Gasteiger charge is 2.36. The first-order chi connectivity index (χ1) is 17.5. The summed E-state index contributed by atoms with van der Waals surface area (Å²) in [6, 6.07) is 22.6. The third-order valence-electron chi connectivity index (χ3n) is 5.66. The van der Waals surface area contributed by atoms with E-state index in [-0.39, 0.29) is 11.4 Å². The van der Waals surface area contributed by atoms with Gasteiger partial charge in [0.15, 0.2) is 5.17 Å². The van der Waals surface area contributed by atoms with E-state index in [2.05, 4.69) is 4.99 Å². The second-order valence-electron chi connectivity index (χ2n) is 8.07. The molecule has 0 aromatic heterocycles. The van der Waals surface area contributed by atoms with Crippen LogP contribution in [0, 0.1) is 12.3 Å². The molecule has 180 valence electrons. The highest BCUT2D eigenvalue weighted by molar-refractivity contribution is 8.17. The van der Waals surface area contributed by atoms with E-state index in [0.717, 1.165) is 28.1 Å². The fourth-order valence-corrected chi connectivity index (χ4v) is 4.93. The predicted molar refractivity (Wildman–Crippen MR) is 146 cm³/mol. The molecular formula is C28H22ClN3O3S. The van der Waals surface area contributed by atoms with E-state index in [9.17, 15) is 4.79 Å². The number of rotatable bonds is 7. The van der Waals surface area contributed by atoms with E-state index >= 15 is 0 Å². The number of aryl methyl sites for hydroxylation is 1. The molecule has 0 fully saturated rings. The van der Waals surface area contributed by atoms with Gasteiger partial charge in [-0.1, -0.05) is 71.9 Å². The molecule has 0 radical (unpaired) electrons. The van der Waals surface area contributed by atoms with Crippen LogP contribution in [0.15, 0.2) is 88.8 Å². The van der Waals surface area contributed by atoms with Gasteiger partial charge < -0.3 is 9.47 Å². The van der Waals surface area contributed by atoms with E-state index in [1.165, 1.54) is 11.8 Å². The zero-order chi connectivity index (χ0) is 25.1. The monoisotopic (exact) mass is 515 g/mol. The molecule has 1 amide bonds. The predicted octanol–water partition coefficient (Wildman–Crippen LogP) is 6.41. The summed E-state index contributed by atoms with van der Waals surface area (Å²) >= 11 is 7.69. The Balaban J connectivity index is 1.26. The second kappa shape index (κ2) is 10.4. The Kier molecular flexibility index (Phi) is 6.93. The van der Waals surface area contributed by atoms with Gasteiger partial charge in [0.1, 0.15) is 30.5 Å². The summed E-state index contributed by atoms with van der Waals surface area (Å²) in [5.41, 5.74) is 3.56. The number of carbonyl (C=O) groups excluding carboxylic acids is 1. The lowest BCUT2D eigenvalue weighted by Gasteiger charge is -2.27. The SMILES string of the molecule is Cc1ccccc1OCCOc1ccc(/C=C2/C(=N)N3C(c4ccccc4Cl)=CSC3=NC2=O)cc1. The lowest BCUT2D eigenvalue weighted by atomic mass is 10.1. The fourth-order valence-electron chi connectivity index (χ4n) is 3.82. The molecule has 0 atom stereocenters. The van der Waals surface area contributed by atoms with Crippen LogP contribution in [0.25, 0.3) is 11.8 Å². The summed E-state index contributed by atoms with van der Waals surface area (Å²) in [4.78, 5) is 18.6. The molecule has 0 spiro atoms. The van der Waals surface area contributed by atoms with Crippen molar-refractivity contribution in [3.8, 4) is 11.5 Å². The standard InChI is InChI=1S/C28H22ClN3O3S/c1-18-6-2-5-9-25(18)35-15-14-34-20-12-10-19(11-13-20)16-22-26(30)32-24(17-36-28(32)31-27(22)33)21-7-3-4-8-23(21)29/h2-13,16-17,30H,14-15H2,1H3/b22-16-,30-26?.